The number of benzene rings is 1. The third-order valence-electron chi connectivity index (χ3n) is 3.92. The van der Waals surface area contributed by atoms with Gasteiger partial charge in [0, 0.05) is 36.7 Å². The Morgan fingerprint density at radius 2 is 2.19 bits per heavy atom. The maximum Gasteiger partial charge on any atom is 0.248 e. The van der Waals surface area contributed by atoms with Gasteiger partial charge in [-0.3, -0.25) is 9.59 Å². The molecule has 6 heteroatoms. The summed E-state index contributed by atoms with van der Waals surface area (Å²) < 4.78 is 11.1. The van der Waals surface area contributed by atoms with Crippen LogP contribution in [0.25, 0.3) is 0 Å². The molecule has 1 amide bonds. The van der Waals surface area contributed by atoms with Gasteiger partial charge in [0.2, 0.25) is 5.91 Å². The van der Waals surface area contributed by atoms with E-state index >= 15 is 0 Å². The van der Waals surface area contributed by atoms with Crippen molar-refractivity contribution in [2.45, 2.75) is 19.1 Å². The smallest absolute Gasteiger partial charge is 0.248 e. The molecule has 0 saturated carbocycles. The quantitative estimate of drug-likeness (QED) is 0.832. The number of hydrogen-bond acceptors (Lipinski definition) is 5. The van der Waals surface area contributed by atoms with Crippen LogP contribution in [0.2, 0.25) is 0 Å². The number of primary amides is 1. The van der Waals surface area contributed by atoms with Crippen LogP contribution in [0.5, 0.6) is 5.75 Å². The molecule has 0 radical (unpaired) electrons. The highest BCUT2D eigenvalue weighted by Gasteiger charge is 2.32. The van der Waals surface area contributed by atoms with Crippen LogP contribution in [0.1, 0.15) is 22.3 Å². The predicted octanol–water partition coefficient (Wildman–Crippen LogP) is 0.242. The number of rotatable bonds is 3. The SMILES string of the molecule is NC(=O)c1ccc2c(c1)OC(C(=O)C1CCOC1)CNC2. The van der Waals surface area contributed by atoms with Crippen LogP contribution >= 0.6 is 0 Å². The van der Waals surface area contributed by atoms with E-state index in [0.717, 1.165) is 12.0 Å². The molecule has 1 aromatic carbocycles. The van der Waals surface area contributed by atoms with Crippen LogP contribution in [0, 0.1) is 5.92 Å². The normalized spacial score (nSPS) is 24.8. The number of fused-ring (bicyclic) bond motifs is 1. The molecule has 112 valence electrons. The molecule has 1 aromatic rings. The van der Waals surface area contributed by atoms with Gasteiger partial charge in [0.1, 0.15) is 5.75 Å². The van der Waals surface area contributed by atoms with Crippen LogP contribution in [0.15, 0.2) is 18.2 Å². The minimum Gasteiger partial charge on any atom is -0.481 e. The Morgan fingerprint density at radius 1 is 1.33 bits per heavy atom. The van der Waals surface area contributed by atoms with Crippen molar-refractivity contribution < 1.29 is 19.1 Å². The van der Waals surface area contributed by atoms with E-state index in [2.05, 4.69) is 5.32 Å². The molecular weight excluding hydrogens is 272 g/mol. The number of amides is 1. The summed E-state index contributed by atoms with van der Waals surface area (Å²) >= 11 is 0. The molecule has 0 aromatic heterocycles. The summed E-state index contributed by atoms with van der Waals surface area (Å²) in [5.74, 6) is -0.00533. The second kappa shape index (κ2) is 5.83. The van der Waals surface area contributed by atoms with Gasteiger partial charge in [-0.05, 0) is 18.6 Å². The number of ether oxygens (including phenoxy) is 2. The molecular formula is C15H18N2O4. The number of carbonyl (C=O) groups is 2. The van der Waals surface area contributed by atoms with Gasteiger partial charge in [0.15, 0.2) is 11.9 Å². The molecule has 3 rings (SSSR count). The summed E-state index contributed by atoms with van der Waals surface area (Å²) in [6.45, 7) is 2.14. The molecule has 21 heavy (non-hydrogen) atoms. The van der Waals surface area contributed by atoms with Crippen molar-refractivity contribution >= 4 is 11.7 Å². The molecule has 2 aliphatic rings. The molecule has 2 aliphatic heterocycles. The van der Waals surface area contributed by atoms with Gasteiger partial charge in [-0.15, -0.1) is 0 Å². The zero-order chi connectivity index (χ0) is 14.8. The van der Waals surface area contributed by atoms with Gasteiger partial charge >= 0.3 is 0 Å². The van der Waals surface area contributed by atoms with Crippen LogP contribution in [-0.2, 0) is 16.1 Å². The summed E-state index contributed by atoms with van der Waals surface area (Å²) in [6, 6.07) is 5.07. The number of nitrogens with two attached hydrogens (primary N) is 1. The molecule has 2 heterocycles. The van der Waals surface area contributed by atoms with Gasteiger partial charge in [-0.1, -0.05) is 6.07 Å². The van der Waals surface area contributed by atoms with Crippen LogP contribution < -0.4 is 15.8 Å². The molecule has 0 aliphatic carbocycles. The van der Waals surface area contributed by atoms with Crippen LogP contribution in [-0.4, -0.2) is 37.6 Å². The first-order valence-corrected chi connectivity index (χ1v) is 7.06. The van der Waals surface area contributed by atoms with Crippen molar-refractivity contribution in [2.24, 2.45) is 11.7 Å². The van der Waals surface area contributed by atoms with E-state index in [0.29, 0.717) is 37.6 Å². The molecule has 6 nitrogen and oxygen atoms in total. The highest BCUT2D eigenvalue weighted by atomic mass is 16.5. The van der Waals surface area contributed by atoms with E-state index in [9.17, 15) is 9.59 Å². The second-order valence-corrected chi connectivity index (χ2v) is 5.39. The second-order valence-electron chi connectivity index (χ2n) is 5.39. The van der Waals surface area contributed by atoms with Crippen molar-refractivity contribution in [2.75, 3.05) is 19.8 Å². The fourth-order valence-corrected chi connectivity index (χ4v) is 2.68. The van der Waals surface area contributed by atoms with E-state index in [1.807, 2.05) is 0 Å². The van der Waals surface area contributed by atoms with E-state index in [1.54, 1.807) is 18.2 Å². The Balaban J connectivity index is 1.82. The van der Waals surface area contributed by atoms with E-state index in [4.69, 9.17) is 15.2 Å². The molecule has 2 unspecified atom stereocenters. The minimum atomic E-state index is -0.555. The fourth-order valence-electron chi connectivity index (χ4n) is 2.68. The highest BCUT2D eigenvalue weighted by molar-refractivity contribution is 5.93. The van der Waals surface area contributed by atoms with Gasteiger partial charge in [0.25, 0.3) is 0 Å². The van der Waals surface area contributed by atoms with E-state index < -0.39 is 12.0 Å². The topological polar surface area (TPSA) is 90.7 Å². The van der Waals surface area contributed by atoms with Crippen molar-refractivity contribution in [3.8, 4) is 5.75 Å². The van der Waals surface area contributed by atoms with Gasteiger partial charge in [-0.2, -0.15) is 0 Å². The lowest BCUT2D eigenvalue weighted by Gasteiger charge is -2.19. The largest absolute Gasteiger partial charge is 0.481 e. The lowest BCUT2D eigenvalue weighted by molar-refractivity contribution is -0.129. The maximum atomic E-state index is 12.4. The maximum absolute atomic E-state index is 12.4. The zero-order valence-electron chi connectivity index (χ0n) is 11.6. The Hall–Kier alpha value is -1.92. The van der Waals surface area contributed by atoms with Crippen molar-refractivity contribution in [1.82, 2.24) is 5.32 Å². The van der Waals surface area contributed by atoms with Crippen molar-refractivity contribution in [3.05, 3.63) is 29.3 Å². The molecule has 3 N–H and O–H groups in total. The molecule has 0 bridgehead atoms. The van der Waals surface area contributed by atoms with Gasteiger partial charge in [0.05, 0.1) is 6.61 Å². The number of hydrogen-bond donors (Lipinski definition) is 2. The number of ketones is 1. The monoisotopic (exact) mass is 290 g/mol. The lowest BCUT2D eigenvalue weighted by atomic mass is 9.99. The average molecular weight is 290 g/mol. The summed E-state index contributed by atoms with van der Waals surface area (Å²) in [7, 11) is 0. The Kier molecular flexibility index (Phi) is 3.90. The van der Waals surface area contributed by atoms with Crippen LogP contribution in [0.4, 0.5) is 0 Å². The third kappa shape index (κ3) is 2.91. The summed E-state index contributed by atoms with van der Waals surface area (Å²) in [6.07, 6.45) is 0.188. The van der Waals surface area contributed by atoms with E-state index in [1.165, 1.54) is 0 Å². The molecule has 0 spiro atoms. The van der Waals surface area contributed by atoms with Crippen molar-refractivity contribution in [1.29, 1.82) is 0 Å². The van der Waals surface area contributed by atoms with Crippen molar-refractivity contribution in [3.63, 3.8) is 0 Å². The Morgan fingerprint density at radius 3 is 2.90 bits per heavy atom. The number of carbonyl (C=O) groups excluding carboxylic acids is 2. The zero-order valence-corrected chi connectivity index (χ0v) is 11.6. The molecule has 1 fully saturated rings. The minimum absolute atomic E-state index is 0.0531. The summed E-state index contributed by atoms with van der Waals surface area (Å²) in [5, 5.41) is 3.20. The number of Topliss-reactive ketones (excluding diaryl/α,β-unsaturated/α-hetero) is 1. The van der Waals surface area contributed by atoms with E-state index in [-0.39, 0.29) is 11.7 Å². The highest BCUT2D eigenvalue weighted by Crippen LogP contribution is 2.25. The molecule has 1 saturated heterocycles. The first-order valence-electron chi connectivity index (χ1n) is 7.06. The first-order chi connectivity index (χ1) is 10.1. The summed E-state index contributed by atoms with van der Waals surface area (Å²) in [4.78, 5) is 23.7. The predicted molar refractivity (Wildman–Crippen MR) is 75.0 cm³/mol. The lowest BCUT2D eigenvalue weighted by Crippen LogP contribution is -2.39. The average Bonchev–Trinajstić information content (AvgIpc) is 2.92. The third-order valence-corrected chi connectivity index (χ3v) is 3.92. The summed E-state index contributed by atoms with van der Waals surface area (Å²) in [5.41, 5.74) is 6.58. The first kappa shape index (κ1) is 14.0. The van der Waals surface area contributed by atoms with Crippen LogP contribution in [0.3, 0.4) is 0 Å². The van der Waals surface area contributed by atoms with Gasteiger partial charge < -0.3 is 20.5 Å². The molecule has 2 atom stereocenters. The Bertz CT molecular complexity index is 567. The van der Waals surface area contributed by atoms with Gasteiger partial charge in [-0.25, -0.2) is 0 Å². The fraction of sp³-hybridized carbons (Fsp3) is 0.467. The Labute approximate surface area is 122 Å². The standard InChI is InChI=1S/C15H18N2O4/c16-15(19)9-1-2-10-6-17-7-13(21-12(10)5-9)14(18)11-3-4-20-8-11/h1-2,5,11,13,17H,3-4,6-8H2,(H2,16,19). The number of nitrogens with one attached hydrogen (secondary N) is 1.